The van der Waals surface area contributed by atoms with E-state index in [1.807, 2.05) is 24.3 Å². The number of amides is 1. The van der Waals surface area contributed by atoms with Gasteiger partial charge in [0.05, 0.1) is 0 Å². The predicted molar refractivity (Wildman–Crippen MR) is 73.9 cm³/mol. The van der Waals surface area contributed by atoms with E-state index in [1.54, 1.807) is 0 Å². The fraction of sp³-hybridized carbons (Fsp3) is 0.467. The number of carbonyl (C=O) groups excluding carboxylic acids is 1. The number of carbonyl (C=O) groups is 2. The Bertz CT molecular complexity index is 457. The highest BCUT2D eigenvalue weighted by Crippen LogP contribution is 2.22. The fourth-order valence-electron chi connectivity index (χ4n) is 1.77. The third kappa shape index (κ3) is 4.73. The van der Waals surface area contributed by atoms with Gasteiger partial charge in [0.25, 0.3) is 0 Å². The summed E-state index contributed by atoms with van der Waals surface area (Å²) in [6, 6.07) is 7.93. The van der Waals surface area contributed by atoms with Gasteiger partial charge in [-0.25, -0.2) is 0 Å². The average molecular weight is 263 g/mol. The van der Waals surface area contributed by atoms with Gasteiger partial charge in [0.1, 0.15) is 6.54 Å². The van der Waals surface area contributed by atoms with E-state index >= 15 is 0 Å². The Labute approximate surface area is 114 Å². The van der Waals surface area contributed by atoms with Crippen molar-refractivity contribution in [1.29, 1.82) is 0 Å². The first-order valence-corrected chi connectivity index (χ1v) is 6.27. The summed E-state index contributed by atoms with van der Waals surface area (Å²) < 4.78 is 0. The summed E-state index contributed by atoms with van der Waals surface area (Å²) in [5, 5.41) is 8.77. The second-order valence-corrected chi connectivity index (χ2v) is 5.72. The number of carboxylic acids is 1. The summed E-state index contributed by atoms with van der Waals surface area (Å²) in [5.74, 6) is -1.23. The molecule has 0 heterocycles. The third-order valence-corrected chi connectivity index (χ3v) is 2.96. The highest BCUT2D eigenvalue weighted by atomic mass is 16.4. The third-order valence-electron chi connectivity index (χ3n) is 2.96. The number of nitrogens with zero attached hydrogens (tertiary/aromatic N) is 1. The minimum absolute atomic E-state index is 0.0832. The normalized spacial score (nSPS) is 11.2. The number of hydrogen-bond donors (Lipinski definition) is 1. The maximum absolute atomic E-state index is 11.4. The van der Waals surface area contributed by atoms with Crippen molar-refractivity contribution >= 4 is 11.9 Å². The first-order chi connectivity index (χ1) is 8.70. The monoisotopic (exact) mass is 263 g/mol. The molecule has 1 N–H and O–H groups in total. The largest absolute Gasteiger partial charge is 0.480 e. The van der Waals surface area contributed by atoms with Gasteiger partial charge in [0.15, 0.2) is 0 Å². The van der Waals surface area contributed by atoms with Gasteiger partial charge in [-0.05, 0) is 16.5 Å². The zero-order chi connectivity index (χ0) is 14.6. The molecule has 0 aromatic heterocycles. The van der Waals surface area contributed by atoms with Crippen molar-refractivity contribution in [2.45, 2.75) is 39.7 Å². The van der Waals surface area contributed by atoms with E-state index in [2.05, 4.69) is 20.8 Å². The molecule has 1 aromatic carbocycles. The smallest absolute Gasteiger partial charge is 0.323 e. The van der Waals surface area contributed by atoms with Crippen molar-refractivity contribution in [1.82, 2.24) is 4.90 Å². The molecular formula is C15H21NO3. The van der Waals surface area contributed by atoms with E-state index in [0.29, 0.717) is 6.54 Å². The first kappa shape index (κ1) is 15.2. The molecule has 4 heteroatoms. The van der Waals surface area contributed by atoms with Crippen LogP contribution in [0.15, 0.2) is 24.3 Å². The van der Waals surface area contributed by atoms with Crippen LogP contribution in [-0.2, 0) is 21.5 Å². The van der Waals surface area contributed by atoms with Crippen molar-refractivity contribution in [2.75, 3.05) is 6.54 Å². The lowest BCUT2D eigenvalue weighted by molar-refractivity contribution is -0.144. The Morgan fingerprint density at radius 1 is 1.16 bits per heavy atom. The summed E-state index contributed by atoms with van der Waals surface area (Å²) in [7, 11) is 0. The Morgan fingerprint density at radius 3 is 2.05 bits per heavy atom. The topological polar surface area (TPSA) is 57.6 Å². The minimum Gasteiger partial charge on any atom is -0.480 e. The SMILES string of the molecule is CC(=O)N(CC(=O)O)Cc1ccc(C(C)(C)C)cc1. The number of rotatable bonds is 4. The second-order valence-electron chi connectivity index (χ2n) is 5.72. The van der Waals surface area contributed by atoms with Gasteiger partial charge in [-0.1, -0.05) is 45.0 Å². The van der Waals surface area contributed by atoms with Gasteiger partial charge >= 0.3 is 5.97 Å². The summed E-state index contributed by atoms with van der Waals surface area (Å²) in [6.45, 7) is 7.84. The van der Waals surface area contributed by atoms with E-state index < -0.39 is 5.97 Å². The molecule has 0 unspecified atom stereocenters. The van der Waals surface area contributed by atoms with E-state index in [0.717, 1.165) is 5.56 Å². The molecular weight excluding hydrogens is 242 g/mol. The van der Waals surface area contributed by atoms with Crippen LogP contribution in [0.5, 0.6) is 0 Å². The standard InChI is InChI=1S/C15H21NO3/c1-11(17)16(10-14(18)19)9-12-5-7-13(8-6-12)15(2,3)4/h5-8H,9-10H2,1-4H3,(H,18,19). The van der Waals surface area contributed by atoms with Gasteiger partial charge in [-0.3, -0.25) is 9.59 Å². The molecule has 19 heavy (non-hydrogen) atoms. The fourth-order valence-corrected chi connectivity index (χ4v) is 1.77. The number of aliphatic carboxylic acids is 1. The maximum Gasteiger partial charge on any atom is 0.323 e. The van der Waals surface area contributed by atoms with Crippen molar-refractivity contribution < 1.29 is 14.7 Å². The molecule has 1 rings (SSSR count). The quantitative estimate of drug-likeness (QED) is 0.907. The van der Waals surface area contributed by atoms with Crippen LogP contribution in [0.3, 0.4) is 0 Å². The van der Waals surface area contributed by atoms with Crippen molar-refractivity contribution in [2.24, 2.45) is 0 Å². The zero-order valence-electron chi connectivity index (χ0n) is 11.9. The lowest BCUT2D eigenvalue weighted by Crippen LogP contribution is -2.33. The molecule has 0 aliphatic heterocycles. The van der Waals surface area contributed by atoms with Crippen LogP contribution in [0, 0.1) is 0 Å². The molecule has 104 valence electrons. The average Bonchev–Trinajstić information content (AvgIpc) is 2.27. The maximum atomic E-state index is 11.4. The Kier molecular flexibility index (Phi) is 4.70. The zero-order valence-corrected chi connectivity index (χ0v) is 11.9. The number of carboxylic acid groups (broad SMARTS) is 1. The molecule has 0 aliphatic rings. The van der Waals surface area contributed by atoms with Crippen molar-refractivity contribution in [3.63, 3.8) is 0 Å². The van der Waals surface area contributed by atoms with Crippen LogP contribution in [0.1, 0.15) is 38.8 Å². The highest BCUT2D eigenvalue weighted by Gasteiger charge is 2.15. The summed E-state index contributed by atoms with van der Waals surface area (Å²) in [5.41, 5.74) is 2.23. The van der Waals surface area contributed by atoms with Gasteiger partial charge in [0, 0.05) is 13.5 Å². The highest BCUT2D eigenvalue weighted by molar-refractivity contribution is 5.79. The van der Waals surface area contributed by atoms with Gasteiger partial charge < -0.3 is 10.0 Å². The molecule has 4 nitrogen and oxygen atoms in total. The van der Waals surface area contributed by atoms with Gasteiger partial charge in [-0.2, -0.15) is 0 Å². The predicted octanol–water partition coefficient (Wildman–Crippen LogP) is 2.42. The lowest BCUT2D eigenvalue weighted by Gasteiger charge is -2.21. The molecule has 0 aliphatic carbocycles. The second kappa shape index (κ2) is 5.87. The van der Waals surface area contributed by atoms with Crippen LogP contribution < -0.4 is 0 Å². The van der Waals surface area contributed by atoms with Crippen LogP contribution in [0.4, 0.5) is 0 Å². The molecule has 0 fully saturated rings. The molecule has 0 spiro atoms. The van der Waals surface area contributed by atoms with Gasteiger partial charge in [0.2, 0.25) is 5.91 Å². The van der Waals surface area contributed by atoms with E-state index in [-0.39, 0.29) is 17.9 Å². The first-order valence-electron chi connectivity index (χ1n) is 6.27. The Balaban J connectivity index is 2.81. The van der Waals surface area contributed by atoms with E-state index in [1.165, 1.54) is 17.4 Å². The molecule has 0 bridgehead atoms. The van der Waals surface area contributed by atoms with Crippen molar-refractivity contribution in [3.8, 4) is 0 Å². The minimum atomic E-state index is -0.999. The molecule has 0 atom stereocenters. The Morgan fingerprint density at radius 2 is 1.68 bits per heavy atom. The molecule has 0 saturated carbocycles. The van der Waals surface area contributed by atoms with Crippen LogP contribution >= 0.6 is 0 Å². The molecule has 1 aromatic rings. The Hall–Kier alpha value is -1.84. The molecule has 0 radical (unpaired) electrons. The molecule has 1 amide bonds. The van der Waals surface area contributed by atoms with E-state index in [4.69, 9.17) is 5.11 Å². The summed E-state index contributed by atoms with van der Waals surface area (Å²) >= 11 is 0. The van der Waals surface area contributed by atoms with Crippen LogP contribution in [0.25, 0.3) is 0 Å². The number of hydrogen-bond acceptors (Lipinski definition) is 2. The van der Waals surface area contributed by atoms with Crippen molar-refractivity contribution in [3.05, 3.63) is 35.4 Å². The van der Waals surface area contributed by atoms with Gasteiger partial charge in [-0.15, -0.1) is 0 Å². The summed E-state index contributed by atoms with van der Waals surface area (Å²) in [6.07, 6.45) is 0. The lowest BCUT2D eigenvalue weighted by atomic mass is 9.87. The number of benzene rings is 1. The van der Waals surface area contributed by atoms with Crippen LogP contribution in [0.2, 0.25) is 0 Å². The summed E-state index contributed by atoms with van der Waals surface area (Å²) in [4.78, 5) is 23.4. The van der Waals surface area contributed by atoms with E-state index in [9.17, 15) is 9.59 Å². The van der Waals surface area contributed by atoms with Crippen LogP contribution in [-0.4, -0.2) is 28.4 Å². The molecule has 0 saturated heterocycles.